The van der Waals surface area contributed by atoms with Crippen molar-refractivity contribution in [2.24, 2.45) is 0 Å². The molecule has 0 aliphatic carbocycles. The molecule has 0 N–H and O–H groups in total. The Balaban J connectivity index is 1.24. The van der Waals surface area contributed by atoms with Gasteiger partial charge in [0.2, 0.25) is 0 Å². The standard InChI is InChI=1S/C26H25NO4/c1-30-24-18-20(14-15-21(24)19-10-4-2-5-11-19)31-17-9-3-8-16-27-25(28)22-12-6-7-13-23(22)26(27)29/h2,4-7,10-15,18H,3,8-9,16-17H2,1H3. The summed E-state index contributed by atoms with van der Waals surface area (Å²) in [7, 11) is 1.66. The van der Waals surface area contributed by atoms with E-state index in [9.17, 15) is 9.59 Å². The number of nitrogens with zero attached hydrogens (tertiary/aromatic N) is 1. The molecule has 31 heavy (non-hydrogen) atoms. The van der Waals surface area contributed by atoms with Gasteiger partial charge in [0, 0.05) is 18.2 Å². The van der Waals surface area contributed by atoms with E-state index in [-0.39, 0.29) is 11.8 Å². The summed E-state index contributed by atoms with van der Waals surface area (Å²) in [4.78, 5) is 26.1. The number of benzene rings is 3. The molecule has 1 aliphatic rings. The first-order valence-corrected chi connectivity index (χ1v) is 10.5. The monoisotopic (exact) mass is 415 g/mol. The summed E-state index contributed by atoms with van der Waals surface area (Å²) in [5.74, 6) is 1.15. The van der Waals surface area contributed by atoms with Gasteiger partial charge in [-0.25, -0.2) is 0 Å². The molecule has 0 atom stereocenters. The number of fused-ring (bicyclic) bond motifs is 1. The highest BCUT2D eigenvalue weighted by Crippen LogP contribution is 2.33. The van der Waals surface area contributed by atoms with Crippen molar-refractivity contribution in [3.63, 3.8) is 0 Å². The van der Waals surface area contributed by atoms with Gasteiger partial charge in [-0.2, -0.15) is 0 Å². The summed E-state index contributed by atoms with van der Waals surface area (Å²) in [6.07, 6.45) is 2.46. The maximum Gasteiger partial charge on any atom is 0.261 e. The van der Waals surface area contributed by atoms with Gasteiger partial charge in [-0.05, 0) is 49.1 Å². The van der Waals surface area contributed by atoms with Crippen molar-refractivity contribution in [2.75, 3.05) is 20.3 Å². The van der Waals surface area contributed by atoms with E-state index in [0.29, 0.717) is 24.3 Å². The van der Waals surface area contributed by atoms with Crippen molar-refractivity contribution in [3.8, 4) is 22.6 Å². The molecule has 4 rings (SSSR count). The fourth-order valence-corrected chi connectivity index (χ4v) is 3.80. The van der Waals surface area contributed by atoms with Gasteiger partial charge >= 0.3 is 0 Å². The zero-order chi connectivity index (χ0) is 21.6. The quantitative estimate of drug-likeness (QED) is 0.356. The molecular formula is C26H25NO4. The summed E-state index contributed by atoms with van der Waals surface area (Å²) < 4.78 is 11.4. The molecule has 3 aromatic rings. The van der Waals surface area contributed by atoms with Crippen molar-refractivity contribution >= 4 is 11.8 Å². The molecule has 158 valence electrons. The molecule has 0 spiro atoms. The molecule has 0 saturated carbocycles. The summed E-state index contributed by atoms with van der Waals surface area (Å²) in [6.45, 7) is 1.00. The number of ether oxygens (including phenoxy) is 2. The van der Waals surface area contributed by atoms with Crippen LogP contribution in [-0.2, 0) is 0 Å². The molecule has 5 nitrogen and oxygen atoms in total. The Labute approximate surface area is 182 Å². The minimum Gasteiger partial charge on any atom is -0.496 e. The minimum atomic E-state index is -0.192. The third-order valence-corrected chi connectivity index (χ3v) is 5.43. The highest BCUT2D eigenvalue weighted by molar-refractivity contribution is 6.21. The Morgan fingerprint density at radius 2 is 1.42 bits per heavy atom. The van der Waals surface area contributed by atoms with Gasteiger partial charge in [0.15, 0.2) is 0 Å². The van der Waals surface area contributed by atoms with Crippen molar-refractivity contribution < 1.29 is 19.1 Å². The smallest absolute Gasteiger partial charge is 0.261 e. The largest absolute Gasteiger partial charge is 0.496 e. The van der Waals surface area contributed by atoms with E-state index in [4.69, 9.17) is 9.47 Å². The molecule has 5 heteroatoms. The van der Waals surface area contributed by atoms with Crippen molar-refractivity contribution in [1.82, 2.24) is 4.90 Å². The van der Waals surface area contributed by atoms with Gasteiger partial charge < -0.3 is 9.47 Å². The third-order valence-electron chi connectivity index (χ3n) is 5.43. The summed E-state index contributed by atoms with van der Waals surface area (Å²) in [5, 5.41) is 0. The van der Waals surface area contributed by atoms with Crippen LogP contribution in [0.1, 0.15) is 40.0 Å². The van der Waals surface area contributed by atoms with Crippen LogP contribution in [-0.4, -0.2) is 37.0 Å². The predicted molar refractivity (Wildman–Crippen MR) is 120 cm³/mol. The van der Waals surface area contributed by atoms with Gasteiger partial charge in [-0.1, -0.05) is 42.5 Å². The van der Waals surface area contributed by atoms with Crippen LogP contribution < -0.4 is 9.47 Å². The number of unbranched alkanes of at least 4 members (excludes halogenated alkanes) is 2. The average Bonchev–Trinajstić information content (AvgIpc) is 3.06. The molecule has 0 radical (unpaired) electrons. The first-order valence-electron chi connectivity index (χ1n) is 10.5. The topological polar surface area (TPSA) is 55.8 Å². The van der Waals surface area contributed by atoms with Crippen LogP contribution in [0, 0.1) is 0 Å². The predicted octanol–water partition coefficient (Wildman–Crippen LogP) is 5.21. The normalized spacial score (nSPS) is 12.7. The van der Waals surface area contributed by atoms with E-state index in [1.54, 1.807) is 31.4 Å². The van der Waals surface area contributed by atoms with Gasteiger partial charge in [0.1, 0.15) is 11.5 Å². The maximum atomic E-state index is 12.4. The molecule has 1 heterocycles. The molecule has 2 amide bonds. The van der Waals surface area contributed by atoms with Crippen LogP contribution in [0.25, 0.3) is 11.1 Å². The summed E-state index contributed by atoms with van der Waals surface area (Å²) in [5.41, 5.74) is 3.13. The number of hydrogen-bond donors (Lipinski definition) is 0. The van der Waals surface area contributed by atoms with E-state index in [1.165, 1.54) is 4.90 Å². The minimum absolute atomic E-state index is 0.192. The number of imide groups is 1. The Kier molecular flexibility index (Phi) is 6.32. The van der Waals surface area contributed by atoms with Crippen molar-refractivity contribution in [2.45, 2.75) is 19.3 Å². The van der Waals surface area contributed by atoms with E-state index >= 15 is 0 Å². The zero-order valence-electron chi connectivity index (χ0n) is 17.5. The molecule has 0 aromatic heterocycles. The van der Waals surface area contributed by atoms with Gasteiger partial charge in [-0.3, -0.25) is 14.5 Å². The lowest BCUT2D eigenvalue weighted by atomic mass is 10.0. The average molecular weight is 415 g/mol. The van der Waals surface area contributed by atoms with E-state index < -0.39 is 0 Å². The molecule has 0 fully saturated rings. The third kappa shape index (κ3) is 4.45. The Morgan fingerprint density at radius 3 is 2.10 bits per heavy atom. The summed E-state index contributed by atoms with van der Waals surface area (Å²) >= 11 is 0. The number of hydrogen-bond acceptors (Lipinski definition) is 4. The number of methoxy groups -OCH3 is 1. The molecule has 0 unspecified atom stereocenters. The number of amides is 2. The van der Waals surface area contributed by atoms with Gasteiger partial charge in [0.05, 0.1) is 24.8 Å². The van der Waals surface area contributed by atoms with Crippen LogP contribution in [0.4, 0.5) is 0 Å². The van der Waals surface area contributed by atoms with E-state index in [1.807, 2.05) is 48.5 Å². The number of rotatable bonds is 9. The second-order valence-corrected chi connectivity index (χ2v) is 7.44. The lowest BCUT2D eigenvalue weighted by Gasteiger charge is -2.14. The fraction of sp³-hybridized carbons (Fsp3) is 0.231. The molecule has 1 aliphatic heterocycles. The van der Waals surface area contributed by atoms with Gasteiger partial charge in [0.25, 0.3) is 11.8 Å². The first-order chi connectivity index (χ1) is 15.2. The Hall–Kier alpha value is -3.60. The molecule has 0 saturated heterocycles. The molecular weight excluding hydrogens is 390 g/mol. The number of carbonyl (C=O) groups is 2. The van der Waals surface area contributed by atoms with Crippen LogP contribution >= 0.6 is 0 Å². The SMILES string of the molecule is COc1cc(OCCCCCN2C(=O)c3ccccc3C2=O)ccc1-c1ccccc1. The second-order valence-electron chi connectivity index (χ2n) is 7.44. The second kappa shape index (κ2) is 9.47. The highest BCUT2D eigenvalue weighted by Gasteiger charge is 2.34. The van der Waals surface area contributed by atoms with Gasteiger partial charge in [-0.15, -0.1) is 0 Å². The zero-order valence-corrected chi connectivity index (χ0v) is 17.5. The van der Waals surface area contributed by atoms with E-state index in [0.717, 1.165) is 41.9 Å². The van der Waals surface area contributed by atoms with Crippen molar-refractivity contribution in [3.05, 3.63) is 83.9 Å². The highest BCUT2D eigenvalue weighted by atomic mass is 16.5. The van der Waals surface area contributed by atoms with Crippen LogP contribution in [0.3, 0.4) is 0 Å². The summed E-state index contributed by atoms with van der Waals surface area (Å²) in [6, 6.07) is 22.9. The number of carbonyl (C=O) groups excluding carboxylic acids is 2. The Bertz CT molecular complexity index is 1040. The maximum absolute atomic E-state index is 12.4. The van der Waals surface area contributed by atoms with Crippen LogP contribution in [0.2, 0.25) is 0 Å². The fourth-order valence-electron chi connectivity index (χ4n) is 3.80. The molecule has 0 bridgehead atoms. The van der Waals surface area contributed by atoms with Crippen LogP contribution in [0.5, 0.6) is 11.5 Å². The first kappa shape index (κ1) is 20.7. The Morgan fingerprint density at radius 1 is 0.742 bits per heavy atom. The molecule has 3 aromatic carbocycles. The van der Waals surface area contributed by atoms with Crippen molar-refractivity contribution in [1.29, 1.82) is 0 Å². The lowest BCUT2D eigenvalue weighted by Crippen LogP contribution is -2.30. The van der Waals surface area contributed by atoms with Crippen LogP contribution in [0.15, 0.2) is 72.8 Å². The lowest BCUT2D eigenvalue weighted by molar-refractivity contribution is 0.0651. The van der Waals surface area contributed by atoms with E-state index in [2.05, 4.69) is 0 Å².